The van der Waals surface area contributed by atoms with Crippen LogP contribution >= 0.6 is 0 Å². The molecular weight excluding hydrogens is 302 g/mol. The molecule has 1 aliphatic heterocycles. The topological polar surface area (TPSA) is 30.9 Å². The van der Waals surface area contributed by atoms with Crippen LogP contribution in [-0.4, -0.2) is 56.2 Å². The third-order valence-corrected chi connectivity index (χ3v) is 6.11. The SMILES string of the molecule is CCOC1(OCC)CCN([C@H]2CC[C@@H](COCC3CC3)CC2)CC1. The van der Waals surface area contributed by atoms with Gasteiger partial charge in [0.1, 0.15) is 0 Å². The first-order valence-corrected chi connectivity index (χ1v) is 10.3. The van der Waals surface area contributed by atoms with Crippen LogP contribution in [0.3, 0.4) is 0 Å². The second kappa shape index (κ2) is 8.98. The molecular formula is C20H37NO3. The number of rotatable bonds is 9. The molecule has 3 aliphatic rings. The molecule has 3 fully saturated rings. The first-order valence-electron chi connectivity index (χ1n) is 10.3. The maximum Gasteiger partial charge on any atom is 0.170 e. The molecule has 2 saturated carbocycles. The summed E-state index contributed by atoms with van der Waals surface area (Å²) in [5.74, 6) is 1.38. The lowest BCUT2D eigenvalue weighted by atomic mass is 9.85. The molecule has 0 unspecified atom stereocenters. The van der Waals surface area contributed by atoms with Gasteiger partial charge in [-0.15, -0.1) is 0 Å². The van der Waals surface area contributed by atoms with Crippen molar-refractivity contribution < 1.29 is 14.2 Å². The van der Waals surface area contributed by atoms with Crippen molar-refractivity contribution in [2.75, 3.05) is 39.5 Å². The average molecular weight is 340 g/mol. The van der Waals surface area contributed by atoms with Gasteiger partial charge in [-0.3, -0.25) is 4.90 Å². The number of piperidine rings is 1. The summed E-state index contributed by atoms with van der Waals surface area (Å²) in [5, 5.41) is 0. The average Bonchev–Trinajstić information content (AvgIpc) is 3.41. The largest absolute Gasteiger partial charge is 0.381 e. The molecule has 0 radical (unpaired) electrons. The van der Waals surface area contributed by atoms with Crippen molar-refractivity contribution in [3.05, 3.63) is 0 Å². The van der Waals surface area contributed by atoms with E-state index in [4.69, 9.17) is 14.2 Å². The summed E-state index contributed by atoms with van der Waals surface area (Å²) in [7, 11) is 0. The molecule has 0 N–H and O–H groups in total. The normalized spacial score (nSPS) is 31.2. The predicted octanol–water partition coefficient (Wildman–Crippen LogP) is 3.84. The van der Waals surface area contributed by atoms with Gasteiger partial charge in [-0.2, -0.15) is 0 Å². The molecule has 0 amide bonds. The van der Waals surface area contributed by atoms with Crippen molar-refractivity contribution in [2.24, 2.45) is 11.8 Å². The zero-order valence-electron chi connectivity index (χ0n) is 15.8. The third-order valence-electron chi connectivity index (χ3n) is 6.11. The highest BCUT2D eigenvalue weighted by molar-refractivity contribution is 4.86. The molecule has 1 saturated heterocycles. The van der Waals surface area contributed by atoms with Crippen LogP contribution in [0.15, 0.2) is 0 Å². The maximum atomic E-state index is 5.97. The van der Waals surface area contributed by atoms with Gasteiger partial charge in [0.05, 0.1) is 0 Å². The highest BCUT2D eigenvalue weighted by Gasteiger charge is 2.38. The zero-order valence-corrected chi connectivity index (χ0v) is 15.8. The number of ether oxygens (including phenoxy) is 3. The van der Waals surface area contributed by atoms with Crippen LogP contribution in [0.2, 0.25) is 0 Å². The quantitative estimate of drug-likeness (QED) is 0.597. The fraction of sp³-hybridized carbons (Fsp3) is 1.00. The minimum atomic E-state index is -0.312. The van der Waals surface area contributed by atoms with Crippen LogP contribution in [0.4, 0.5) is 0 Å². The Morgan fingerprint density at radius 1 is 0.792 bits per heavy atom. The summed E-state index contributed by atoms with van der Waals surface area (Å²) in [6.07, 6.45) is 10.2. The van der Waals surface area contributed by atoms with Crippen molar-refractivity contribution in [2.45, 2.75) is 77.0 Å². The summed E-state index contributed by atoms with van der Waals surface area (Å²) >= 11 is 0. The van der Waals surface area contributed by atoms with Gasteiger partial charge >= 0.3 is 0 Å². The van der Waals surface area contributed by atoms with Crippen LogP contribution < -0.4 is 0 Å². The standard InChI is InChI=1S/C20H37NO3/c1-3-23-20(24-4-2)11-13-21(14-12-20)19-9-7-18(8-10-19)16-22-15-17-5-6-17/h17-19H,3-16H2,1-2H3/t18-,19+. The predicted molar refractivity (Wildman–Crippen MR) is 96.1 cm³/mol. The molecule has 4 heteroatoms. The summed E-state index contributed by atoms with van der Waals surface area (Å²) in [6, 6.07) is 0.769. The first kappa shape index (κ1) is 18.6. The van der Waals surface area contributed by atoms with Gasteiger partial charge in [0.15, 0.2) is 5.79 Å². The minimum absolute atomic E-state index is 0.312. The maximum absolute atomic E-state index is 5.97. The molecule has 0 aromatic carbocycles. The molecule has 0 spiro atoms. The number of nitrogens with zero attached hydrogens (tertiary/aromatic N) is 1. The van der Waals surface area contributed by atoms with E-state index in [-0.39, 0.29) is 5.79 Å². The molecule has 4 nitrogen and oxygen atoms in total. The van der Waals surface area contributed by atoms with E-state index in [0.29, 0.717) is 0 Å². The number of hydrogen-bond donors (Lipinski definition) is 0. The summed E-state index contributed by atoms with van der Waals surface area (Å²) in [4.78, 5) is 2.69. The Bertz CT molecular complexity index is 348. The van der Waals surface area contributed by atoms with Gasteiger partial charge in [0.2, 0.25) is 0 Å². The molecule has 2 aliphatic carbocycles. The number of likely N-dealkylation sites (tertiary alicyclic amines) is 1. The van der Waals surface area contributed by atoms with E-state index in [1.165, 1.54) is 38.5 Å². The molecule has 140 valence electrons. The van der Waals surface area contributed by atoms with Crippen LogP contribution in [-0.2, 0) is 14.2 Å². The summed E-state index contributed by atoms with van der Waals surface area (Å²) < 4.78 is 17.8. The van der Waals surface area contributed by atoms with Gasteiger partial charge in [-0.05, 0) is 64.2 Å². The molecule has 0 bridgehead atoms. The fourth-order valence-electron chi connectivity index (χ4n) is 4.45. The van der Waals surface area contributed by atoms with E-state index in [0.717, 1.165) is 70.2 Å². The van der Waals surface area contributed by atoms with Gasteiger partial charge in [-0.25, -0.2) is 0 Å². The Labute approximate surface area is 148 Å². The monoisotopic (exact) mass is 339 g/mol. The van der Waals surface area contributed by atoms with Gasteiger partial charge < -0.3 is 14.2 Å². The van der Waals surface area contributed by atoms with Crippen LogP contribution in [0, 0.1) is 11.8 Å². The van der Waals surface area contributed by atoms with E-state index in [1.54, 1.807) is 0 Å². The Kier molecular flexibility index (Phi) is 6.97. The molecule has 0 aromatic rings. The third kappa shape index (κ3) is 5.17. The van der Waals surface area contributed by atoms with E-state index in [9.17, 15) is 0 Å². The lowest BCUT2D eigenvalue weighted by Crippen LogP contribution is -2.51. The second-order valence-corrected chi connectivity index (χ2v) is 7.97. The second-order valence-electron chi connectivity index (χ2n) is 7.97. The molecule has 3 rings (SSSR count). The highest BCUT2D eigenvalue weighted by atomic mass is 16.7. The van der Waals surface area contributed by atoms with Gasteiger partial charge in [0, 0.05) is 58.4 Å². The van der Waals surface area contributed by atoms with E-state index >= 15 is 0 Å². The molecule has 0 aromatic heterocycles. The number of hydrogen-bond acceptors (Lipinski definition) is 4. The van der Waals surface area contributed by atoms with Crippen molar-refractivity contribution in [1.29, 1.82) is 0 Å². The van der Waals surface area contributed by atoms with Crippen molar-refractivity contribution in [1.82, 2.24) is 4.90 Å². The van der Waals surface area contributed by atoms with Crippen molar-refractivity contribution >= 4 is 0 Å². The summed E-state index contributed by atoms with van der Waals surface area (Å²) in [6.45, 7) is 9.88. The lowest BCUT2D eigenvalue weighted by molar-refractivity contribution is -0.255. The molecule has 24 heavy (non-hydrogen) atoms. The van der Waals surface area contributed by atoms with E-state index < -0.39 is 0 Å². The smallest absolute Gasteiger partial charge is 0.170 e. The van der Waals surface area contributed by atoms with Crippen LogP contribution in [0.1, 0.15) is 65.2 Å². The Morgan fingerprint density at radius 2 is 1.29 bits per heavy atom. The molecule has 1 heterocycles. The Hall–Kier alpha value is -0.160. The van der Waals surface area contributed by atoms with Crippen molar-refractivity contribution in [3.8, 4) is 0 Å². The van der Waals surface area contributed by atoms with Gasteiger partial charge in [-0.1, -0.05) is 0 Å². The molecule has 0 atom stereocenters. The minimum Gasteiger partial charge on any atom is -0.381 e. The lowest BCUT2D eigenvalue weighted by Gasteiger charge is -2.45. The Morgan fingerprint density at radius 3 is 1.75 bits per heavy atom. The summed E-state index contributed by atoms with van der Waals surface area (Å²) in [5.41, 5.74) is 0. The van der Waals surface area contributed by atoms with E-state index in [2.05, 4.69) is 18.7 Å². The first-order chi connectivity index (χ1) is 11.7. The van der Waals surface area contributed by atoms with Crippen LogP contribution in [0.25, 0.3) is 0 Å². The Balaban J connectivity index is 1.36. The highest BCUT2D eigenvalue weighted by Crippen LogP contribution is 2.34. The van der Waals surface area contributed by atoms with E-state index in [1.807, 2.05) is 0 Å². The van der Waals surface area contributed by atoms with Gasteiger partial charge in [0.25, 0.3) is 0 Å². The van der Waals surface area contributed by atoms with Crippen LogP contribution in [0.5, 0.6) is 0 Å². The fourth-order valence-corrected chi connectivity index (χ4v) is 4.45. The zero-order chi connectivity index (χ0) is 16.8. The van der Waals surface area contributed by atoms with Crippen molar-refractivity contribution in [3.63, 3.8) is 0 Å².